The van der Waals surface area contributed by atoms with Crippen molar-refractivity contribution in [1.29, 1.82) is 0 Å². The third-order valence-electron chi connectivity index (χ3n) is 4.88. The number of benzene rings is 1. The molecule has 5 heteroatoms. The van der Waals surface area contributed by atoms with Gasteiger partial charge in [0.2, 0.25) is 5.91 Å². The molecule has 1 aromatic rings. The van der Waals surface area contributed by atoms with Crippen molar-refractivity contribution in [2.75, 3.05) is 25.0 Å². The second-order valence-electron chi connectivity index (χ2n) is 6.74. The molecule has 1 amide bonds. The van der Waals surface area contributed by atoms with Crippen molar-refractivity contribution in [3.8, 4) is 0 Å². The van der Waals surface area contributed by atoms with Crippen molar-refractivity contribution in [2.45, 2.75) is 38.3 Å². The molecule has 3 N–H and O–H groups in total. The van der Waals surface area contributed by atoms with E-state index in [0.717, 1.165) is 57.5 Å². The summed E-state index contributed by atoms with van der Waals surface area (Å²) < 4.78 is 5.59. The topological polar surface area (TPSA) is 67.6 Å². The summed E-state index contributed by atoms with van der Waals surface area (Å²) in [6.45, 7) is 3.63. The van der Waals surface area contributed by atoms with Gasteiger partial charge in [-0.2, -0.15) is 0 Å². The number of nitrogens with one attached hydrogen (secondary N) is 1. The van der Waals surface area contributed by atoms with E-state index in [-0.39, 0.29) is 17.9 Å². The number of anilines is 1. The van der Waals surface area contributed by atoms with Gasteiger partial charge in [0.25, 0.3) is 0 Å². The van der Waals surface area contributed by atoms with Gasteiger partial charge in [0.05, 0.1) is 12.8 Å². The Balaban J connectivity index is 1.48. The van der Waals surface area contributed by atoms with Gasteiger partial charge in [-0.25, -0.2) is 0 Å². The number of rotatable bonds is 6. The van der Waals surface area contributed by atoms with E-state index in [4.69, 9.17) is 10.5 Å². The Morgan fingerprint density at radius 3 is 2.83 bits per heavy atom. The van der Waals surface area contributed by atoms with E-state index in [0.29, 0.717) is 0 Å². The molecule has 2 heterocycles. The van der Waals surface area contributed by atoms with E-state index in [2.05, 4.69) is 40.6 Å². The Hall–Kier alpha value is -2.01. The van der Waals surface area contributed by atoms with Gasteiger partial charge in [-0.05, 0) is 62.5 Å². The predicted molar refractivity (Wildman–Crippen MR) is 95.4 cm³/mol. The molecule has 24 heavy (non-hydrogen) atoms. The van der Waals surface area contributed by atoms with Gasteiger partial charge < -0.3 is 15.8 Å². The fraction of sp³-hybridized carbons (Fsp3) is 0.526. The molecular weight excluding hydrogens is 302 g/mol. The number of hydrogen-bond donors (Lipinski definition) is 2. The lowest BCUT2D eigenvalue weighted by Crippen LogP contribution is -2.38. The SMILES string of the molecule is NC(=O)C1CCN(Cc2cccc(NCC3CCC=CO3)c2)CC1. The molecule has 0 radical (unpaired) electrons. The van der Waals surface area contributed by atoms with Gasteiger partial charge in [0, 0.05) is 18.2 Å². The molecule has 2 aliphatic heterocycles. The predicted octanol–water partition coefficient (Wildman–Crippen LogP) is 2.49. The van der Waals surface area contributed by atoms with Crippen LogP contribution in [-0.2, 0) is 16.1 Å². The summed E-state index contributed by atoms with van der Waals surface area (Å²) in [5.74, 6) is -0.0978. The number of amides is 1. The van der Waals surface area contributed by atoms with Crippen molar-refractivity contribution in [1.82, 2.24) is 4.90 Å². The zero-order valence-corrected chi connectivity index (χ0v) is 14.1. The highest BCUT2D eigenvalue weighted by molar-refractivity contribution is 5.76. The fourth-order valence-corrected chi connectivity index (χ4v) is 3.38. The summed E-state index contributed by atoms with van der Waals surface area (Å²) in [7, 11) is 0. The van der Waals surface area contributed by atoms with Crippen LogP contribution in [0.5, 0.6) is 0 Å². The molecule has 1 atom stereocenters. The van der Waals surface area contributed by atoms with E-state index in [1.54, 1.807) is 0 Å². The lowest BCUT2D eigenvalue weighted by atomic mass is 9.96. The van der Waals surface area contributed by atoms with Crippen molar-refractivity contribution < 1.29 is 9.53 Å². The van der Waals surface area contributed by atoms with Crippen LogP contribution in [0.4, 0.5) is 5.69 Å². The summed E-state index contributed by atoms with van der Waals surface area (Å²) in [4.78, 5) is 13.6. The van der Waals surface area contributed by atoms with Crippen LogP contribution in [0.25, 0.3) is 0 Å². The molecule has 0 saturated carbocycles. The number of primary amides is 1. The lowest BCUT2D eigenvalue weighted by Gasteiger charge is -2.30. The first-order valence-electron chi connectivity index (χ1n) is 8.85. The maximum Gasteiger partial charge on any atom is 0.220 e. The Morgan fingerprint density at radius 1 is 1.29 bits per heavy atom. The van der Waals surface area contributed by atoms with Gasteiger partial charge in [0.1, 0.15) is 6.10 Å². The zero-order chi connectivity index (χ0) is 16.8. The normalized spacial score (nSPS) is 22.1. The van der Waals surface area contributed by atoms with Gasteiger partial charge in [-0.1, -0.05) is 12.1 Å². The number of nitrogens with zero attached hydrogens (tertiary/aromatic N) is 1. The molecular formula is C19H27N3O2. The average molecular weight is 329 g/mol. The Bertz CT molecular complexity index is 580. The Kier molecular flexibility index (Phi) is 5.75. The highest BCUT2D eigenvalue weighted by Crippen LogP contribution is 2.20. The molecule has 130 valence electrons. The van der Waals surface area contributed by atoms with Crippen LogP contribution in [0.15, 0.2) is 36.6 Å². The maximum absolute atomic E-state index is 11.2. The van der Waals surface area contributed by atoms with Gasteiger partial charge >= 0.3 is 0 Å². The molecule has 2 aliphatic rings. The summed E-state index contributed by atoms with van der Waals surface area (Å²) in [5.41, 5.74) is 7.83. The van der Waals surface area contributed by atoms with E-state index in [9.17, 15) is 4.79 Å². The van der Waals surface area contributed by atoms with Crippen LogP contribution in [0.3, 0.4) is 0 Å². The first-order chi connectivity index (χ1) is 11.7. The minimum atomic E-state index is -0.152. The van der Waals surface area contributed by atoms with E-state index < -0.39 is 0 Å². The third-order valence-corrected chi connectivity index (χ3v) is 4.88. The lowest BCUT2D eigenvalue weighted by molar-refractivity contribution is -0.123. The highest BCUT2D eigenvalue weighted by Gasteiger charge is 2.22. The molecule has 1 unspecified atom stereocenters. The molecule has 5 nitrogen and oxygen atoms in total. The van der Waals surface area contributed by atoms with Crippen molar-refractivity contribution >= 4 is 11.6 Å². The highest BCUT2D eigenvalue weighted by atomic mass is 16.5. The number of hydrogen-bond acceptors (Lipinski definition) is 4. The average Bonchev–Trinajstić information content (AvgIpc) is 2.62. The second kappa shape index (κ2) is 8.20. The largest absolute Gasteiger partial charge is 0.497 e. The number of piperidine rings is 1. The smallest absolute Gasteiger partial charge is 0.220 e. The maximum atomic E-state index is 11.2. The number of nitrogens with two attached hydrogens (primary N) is 1. The molecule has 0 spiro atoms. The molecule has 3 rings (SSSR count). The Morgan fingerprint density at radius 2 is 2.12 bits per heavy atom. The number of carbonyl (C=O) groups is 1. The summed E-state index contributed by atoms with van der Waals surface area (Å²) >= 11 is 0. The monoisotopic (exact) mass is 329 g/mol. The molecule has 1 fully saturated rings. The molecule has 0 aliphatic carbocycles. The number of ether oxygens (including phenoxy) is 1. The number of carbonyl (C=O) groups excluding carboxylic acids is 1. The van der Waals surface area contributed by atoms with Crippen LogP contribution in [0.2, 0.25) is 0 Å². The summed E-state index contributed by atoms with van der Waals surface area (Å²) in [6, 6.07) is 8.56. The molecule has 0 bridgehead atoms. The van der Waals surface area contributed by atoms with Crippen LogP contribution in [0, 0.1) is 5.92 Å². The number of allylic oxidation sites excluding steroid dienone is 1. The fourth-order valence-electron chi connectivity index (χ4n) is 3.38. The van der Waals surface area contributed by atoms with Crippen LogP contribution < -0.4 is 11.1 Å². The van der Waals surface area contributed by atoms with Gasteiger partial charge in [-0.3, -0.25) is 9.69 Å². The van der Waals surface area contributed by atoms with Gasteiger partial charge in [-0.15, -0.1) is 0 Å². The standard InChI is InChI=1S/C19H27N3O2/c20-19(23)16-7-9-22(10-8-16)14-15-4-3-5-17(12-15)21-13-18-6-1-2-11-24-18/h2-5,11-12,16,18,21H,1,6-10,13-14H2,(H2,20,23). The molecule has 1 aromatic carbocycles. The minimum Gasteiger partial charge on any atom is -0.497 e. The van der Waals surface area contributed by atoms with Gasteiger partial charge in [0.15, 0.2) is 0 Å². The molecule has 0 aromatic heterocycles. The van der Waals surface area contributed by atoms with Crippen molar-refractivity contribution in [3.05, 3.63) is 42.2 Å². The third kappa shape index (κ3) is 4.74. The minimum absolute atomic E-state index is 0.0544. The Labute approximate surface area is 143 Å². The second-order valence-corrected chi connectivity index (χ2v) is 6.74. The number of likely N-dealkylation sites (tertiary alicyclic amines) is 1. The summed E-state index contributed by atoms with van der Waals surface area (Å²) in [5, 5.41) is 3.48. The van der Waals surface area contributed by atoms with Crippen LogP contribution in [0.1, 0.15) is 31.2 Å². The van der Waals surface area contributed by atoms with E-state index in [1.165, 1.54) is 5.56 Å². The van der Waals surface area contributed by atoms with E-state index in [1.807, 2.05) is 6.26 Å². The van der Waals surface area contributed by atoms with E-state index >= 15 is 0 Å². The molecule has 1 saturated heterocycles. The quantitative estimate of drug-likeness (QED) is 0.841. The van der Waals surface area contributed by atoms with Crippen LogP contribution in [-0.4, -0.2) is 36.5 Å². The summed E-state index contributed by atoms with van der Waals surface area (Å²) in [6.07, 6.45) is 8.04. The zero-order valence-electron chi connectivity index (χ0n) is 14.1. The first kappa shape index (κ1) is 16.8. The van der Waals surface area contributed by atoms with Crippen molar-refractivity contribution in [2.24, 2.45) is 11.7 Å². The first-order valence-corrected chi connectivity index (χ1v) is 8.85. The van der Waals surface area contributed by atoms with Crippen molar-refractivity contribution in [3.63, 3.8) is 0 Å². The van der Waals surface area contributed by atoms with Crippen LogP contribution >= 0.6 is 0 Å².